The van der Waals surface area contributed by atoms with E-state index in [0.717, 1.165) is 5.75 Å². The molecule has 0 bridgehead atoms. The van der Waals surface area contributed by atoms with Crippen molar-refractivity contribution in [1.82, 2.24) is 0 Å². The van der Waals surface area contributed by atoms with Gasteiger partial charge in [-0.25, -0.2) is 0 Å². The molecule has 2 atom stereocenters. The molecule has 0 aromatic rings. The zero-order valence-electron chi connectivity index (χ0n) is 3.18. The van der Waals surface area contributed by atoms with Crippen molar-refractivity contribution in [2.24, 2.45) is 5.73 Å². The Bertz CT molecular complexity index is 92.8. The lowest BCUT2D eigenvalue weighted by Crippen LogP contribution is -2.32. The highest BCUT2D eigenvalue weighted by Crippen LogP contribution is 2.53. The van der Waals surface area contributed by atoms with E-state index in [9.17, 15) is 0 Å². The van der Waals surface area contributed by atoms with Gasteiger partial charge in [0.2, 0.25) is 0 Å². The van der Waals surface area contributed by atoms with Crippen LogP contribution in [0, 0.1) is 0 Å². The lowest BCUT2D eigenvalue weighted by molar-refractivity contribution is 0.379. The van der Waals surface area contributed by atoms with Gasteiger partial charge in [0.25, 0.3) is 0 Å². The molecule has 34 valence electrons. The van der Waals surface area contributed by atoms with Gasteiger partial charge in [-0.15, -0.1) is 11.8 Å². The highest BCUT2D eigenvalue weighted by molar-refractivity contribution is 8.02. The number of ether oxygens (including phenoxy) is 1. The van der Waals surface area contributed by atoms with Crippen molar-refractivity contribution in [2.45, 2.75) is 11.2 Å². The average molecular weight is 103 g/mol. The number of thioether (sulfide) groups is 1. The maximum absolute atomic E-state index is 5.44. The zero-order valence-corrected chi connectivity index (χ0v) is 3.99. The van der Waals surface area contributed by atoms with Gasteiger partial charge in [0, 0.05) is 5.75 Å². The van der Waals surface area contributed by atoms with Crippen molar-refractivity contribution in [3.63, 3.8) is 0 Å². The summed E-state index contributed by atoms with van der Waals surface area (Å²) in [7, 11) is 0. The Balaban J connectivity index is 2.22. The molecular weight excluding hydrogens is 98.1 g/mol. The van der Waals surface area contributed by atoms with E-state index in [0.29, 0.717) is 6.10 Å². The fraction of sp³-hybridized carbons (Fsp3) is 1.00. The third-order valence-electron chi connectivity index (χ3n) is 1.18. The Morgan fingerprint density at radius 3 is 2.67 bits per heavy atom. The first kappa shape index (κ1) is 3.29. The quantitative estimate of drug-likeness (QED) is 0.429. The largest absolute Gasteiger partial charge is 0.339 e. The van der Waals surface area contributed by atoms with Crippen LogP contribution < -0.4 is 5.73 Å². The van der Waals surface area contributed by atoms with E-state index in [1.807, 2.05) is 0 Å². The summed E-state index contributed by atoms with van der Waals surface area (Å²) in [6, 6.07) is 0. The van der Waals surface area contributed by atoms with E-state index in [1.165, 1.54) is 0 Å². The Hall–Kier alpha value is 0.270. The monoisotopic (exact) mass is 103 g/mol. The smallest absolute Gasteiger partial charge is 0.192 e. The molecular formula is C3H5NOS. The van der Waals surface area contributed by atoms with Crippen molar-refractivity contribution in [3.05, 3.63) is 0 Å². The summed E-state index contributed by atoms with van der Waals surface area (Å²) >= 11 is 1.69. The predicted octanol–water partition coefficient (Wildman–Crippen LogP) is -0.256. The minimum absolute atomic E-state index is 0.194. The molecule has 2 aliphatic heterocycles. The van der Waals surface area contributed by atoms with Gasteiger partial charge in [0.15, 0.2) is 5.06 Å². The molecule has 6 heavy (non-hydrogen) atoms. The van der Waals surface area contributed by atoms with Crippen LogP contribution in [0.5, 0.6) is 0 Å². The van der Waals surface area contributed by atoms with Gasteiger partial charge in [-0.05, 0) is 0 Å². The fourth-order valence-corrected chi connectivity index (χ4v) is 1.46. The van der Waals surface area contributed by atoms with E-state index < -0.39 is 0 Å². The molecule has 2 nitrogen and oxygen atoms in total. The second-order valence-corrected chi connectivity index (χ2v) is 2.90. The fourth-order valence-electron chi connectivity index (χ4n) is 0.572. The van der Waals surface area contributed by atoms with Crippen molar-refractivity contribution in [2.75, 3.05) is 5.75 Å². The summed E-state index contributed by atoms with van der Waals surface area (Å²) < 4.78 is 4.96. The van der Waals surface area contributed by atoms with Gasteiger partial charge < -0.3 is 4.74 Å². The molecule has 0 spiro atoms. The van der Waals surface area contributed by atoms with Crippen molar-refractivity contribution in [1.29, 1.82) is 0 Å². The lowest BCUT2D eigenvalue weighted by Gasteiger charge is -2.10. The van der Waals surface area contributed by atoms with Gasteiger partial charge in [-0.3, -0.25) is 5.73 Å². The molecule has 2 unspecified atom stereocenters. The normalized spacial score (nSPS) is 62.5. The Morgan fingerprint density at radius 2 is 2.67 bits per heavy atom. The second-order valence-electron chi connectivity index (χ2n) is 1.64. The molecule has 2 heterocycles. The van der Waals surface area contributed by atoms with E-state index in [-0.39, 0.29) is 5.06 Å². The van der Waals surface area contributed by atoms with Gasteiger partial charge in [0.05, 0.1) is 0 Å². The minimum Gasteiger partial charge on any atom is -0.339 e. The Kier molecular flexibility index (Phi) is 0.350. The summed E-state index contributed by atoms with van der Waals surface area (Å²) in [5.74, 6) is 1.11. The number of epoxide rings is 1. The van der Waals surface area contributed by atoms with Crippen LogP contribution in [-0.2, 0) is 4.74 Å². The molecule has 2 N–H and O–H groups in total. The first-order valence-electron chi connectivity index (χ1n) is 1.92. The van der Waals surface area contributed by atoms with Gasteiger partial charge in [-0.1, -0.05) is 0 Å². The molecule has 2 saturated heterocycles. The molecule has 2 fully saturated rings. The van der Waals surface area contributed by atoms with Gasteiger partial charge in [-0.2, -0.15) is 0 Å². The summed E-state index contributed by atoms with van der Waals surface area (Å²) in [4.78, 5) is 0. The highest BCUT2D eigenvalue weighted by Gasteiger charge is 2.62. The third-order valence-corrected chi connectivity index (χ3v) is 2.46. The molecule has 2 aliphatic rings. The predicted molar refractivity (Wildman–Crippen MR) is 24.2 cm³/mol. The standard InChI is InChI=1S/C3H5NOS/c4-3-2(5-3)1-6-3/h2H,1,4H2. The number of hydrogen-bond acceptors (Lipinski definition) is 3. The number of fused-ring (bicyclic) bond motifs is 1. The second kappa shape index (κ2) is 0.638. The number of hydrogen-bond donors (Lipinski definition) is 1. The number of rotatable bonds is 0. The average Bonchev–Trinajstić information content (AvgIpc) is 1.88. The third kappa shape index (κ3) is 0.196. The molecule has 0 radical (unpaired) electrons. The van der Waals surface area contributed by atoms with Crippen molar-refractivity contribution in [3.8, 4) is 0 Å². The van der Waals surface area contributed by atoms with Crippen LogP contribution in [0.15, 0.2) is 0 Å². The van der Waals surface area contributed by atoms with E-state index in [1.54, 1.807) is 11.8 Å². The highest BCUT2D eigenvalue weighted by atomic mass is 32.2. The van der Waals surface area contributed by atoms with Crippen LogP contribution in [0.25, 0.3) is 0 Å². The minimum atomic E-state index is -0.194. The van der Waals surface area contributed by atoms with Crippen LogP contribution in [0.2, 0.25) is 0 Å². The van der Waals surface area contributed by atoms with Crippen LogP contribution >= 0.6 is 11.8 Å². The molecule has 3 heteroatoms. The first-order chi connectivity index (χ1) is 2.81. The van der Waals surface area contributed by atoms with Gasteiger partial charge in [0.1, 0.15) is 6.10 Å². The molecule has 0 amide bonds. The maximum atomic E-state index is 5.44. The maximum Gasteiger partial charge on any atom is 0.192 e. The molecule has 0 aromatic carbocycles. The Morgan fingerprint density at radius 1 is 2.00 bits per heavy atom. The summed E-state index contributed by atoms with van der Waals surface area (Å²) in [6.07, 6.45) is 0.419. The zero-order chi connectivity index (χ0) is 4.20. The van der Waals surface area contributed by atoms with Crippen LogP contribution in [0.3, 0.4) is 0 Å². The molecule has 0 aliphatic carbocycles. The number of nitrogens with two attached hydrogens (primary N) is 1. The van der Waals surface area contributed by atoms with E-state index in [2.05, 4.69) is 0 Å². The molecule has 0 aromatic heterocycles. The molecule has 2 rings (SSSR count). The van der Waals surface area contributed by atoms with Crippen molar-refractivity contribution >= 4 is 11.8 Å². The van der Waals surface area contributed by atoms with Crippen LogP contribution in [0.1, 0.15) is 0 Å². The molecule has 0 saturated carbocycles. The first-order valence-corrected chi connectivity index (χ1v) is 2.90. The van der Waals surface area contributed by atoms with Crippen LogP contribution in [0.4, 0.5) is 0 Å². The summed E-state index contributed by atoms with van der Waals surface area (Å²) in [5.41, 5.74) is 5.44. The van der Waals surface area contributed by atoms with Gasteiger partial charge >= 0.3 is 0 Å². The topological polar surface area (TPSA) is 38.5 Å². The summed E-state index contributed by atoms with van der Waals surface area (Å²) in [5, 5.41) is -0.194. The van der Waals surface area contributed by atoms with E-state index >= 15 is 0 Å². The van der Waals surface area contributed by atoms with Crippen molar-refractivity contribution < 1.29 is 4.74 Å². The summed E-state index contributed by atoms with van der Waals surface area (Å²) in [6.45, 7) is 0. The lowest BCUT2D eigenvalue weighted by atomic mass is 10.5. The van der Waals surface area contributed by atoms with Crippen LogP contribution in [-0.4, -0.2) is 16.9 Å². The Labute approximate surface area is 40.0 Å². The van der Waals surface area contributed by atoms with E-state index in [4.69, 9.17) is 10.5 Å². The SMILES string of the molecule is NC12OC1CS2.